The van der Waals surface area contributed by atoms with Crippen LogP contribution in [0, 0.1) is 16.7 Å². The molecule has 106 valence electrons. The minimum Gasteiger partial charge on any atom is -0.0991 e. The molecule has 0 aliphatic rings. The first-order valence-corrected chi connectivity index (χ1v) is 6.57. The van der Waals surface area contributed by atoms with Crippen LogP contribution in [0.2, 0.25) is 0 Å². The van der Waals surface area contributed by atoms with Crippen LogP contribution < -0.4 is 0 Å². The molecule has 0 aliphatic heterocycles. The van der Waals surface area contributed by atoms with Crippen LogP contribution in [0.4, 0.5) is 0 Å². The van der Waals surface area contributed by atoms with Crippen LogP contribution in [0.25, 0.3) is 0 Å². The van der Waals surface area contributed by atoms with Crippen LogP contribution in [0.15, 0.2) is 36.5 Å². The molecule has 0 saturated carbocycles. The van der Waals surface area contributed by atoms with Crippen molar-refractivity contribution in [3.63, 3.8) is 0 Å². The molecule has 1 atom stereocenters. The molecule has 0 saturated heterocycles. The summed E-state index contributed by atoms with van der Waals surface area (Å²) >= 11 is 0. The van der Waals surface area contributed by atoms with E-state index in [-0.39, 0.29) is 12.8 Å². The van der Waals surface area contributed by atoms with Crippen molar-refractivity contribution in [2.24, 2.45) is 16.7 Å². The fourth-order valence-electron chi connectivity index (χ4n) is 2.15. The third-order valence-corrected chi connectivity index (χ3v) is 2.93. The van der Waals surface area contributed by atoms with E-state index in [1.54, 1.807) is 0 Å². The Morgan fingerprint density at radius 3 is 1.89 bits per heavy atom. The first-order valence-electron chi connectivity index (χ1n) is 6.57. The Kier molecular flexibility index (Phi) is 8.27. The maximum atomic E-state index is 3.83. The molecule has 0 aliphatic carbocycles. The van der Waals surface area contributed by atoms with Gasteiger partial charge < -0.3 is 0 Å². The van der Waals surface area contributed by atoms with E-state index >= 15 is 0 Å². The van der Waals surface area contributed by atoms with Crippen LogP contribution in [-0.2, 0) is 0 Å². The van der Waals surface area contributed by atoms with Gasteiger partial charge in [0.15, 0.2) is 0 Å². The quantitative estimate of drug-likeness (QED) is 0.506. The molecule has 0 spiro atoms. The number of hydrogen-bond acceptors (Lipinski definition) is 0. The predicted octanol–water partition coefficient (Wildman–Crippen LogP) is 6.41. The van der Waals surface area contributed by atoms with Gasteiger partial charge in [-0.15, -0.1) is 0 Å². The Morgan fingerprint density at radius 1 is 1.11 bits per heavy atom. The van der Waals surface area contributed by atoms with Crippen LogP contribution in [0.5, 0.6) is 0 Å². The van der Waals surface area contributed by atoms with E-state index in [2.05, 4.69) is 73.3 Å². The van der Waals surface area contributed by atoms with Crippen LogP contribution >= 0.6 is 0 Å². The summed E-state index contributed by atoms with van der Waals surface area (Å²) in [4.78, 5) is 0. The molecule has 0 heteroatoms. The molecule has 0 amide bonds. The van der Waals surface area contributed by atoms with Crippen molar-refractivity contribution in [3.05, 3.63) is 36.5 Å². The molecule has 0 N–H and O–H groups in total. The Labute approximate surface area is 116 Å². The van der Waals surface area contributed by atoms with Crippen molar-refractivity contribution < 1.29 is 0 Å². The minimum atomic E-state index is 0. The van der Waals surface area contributed by atoms with Gasteiger partial charge in [0.25, 0.3) is 0 Å². The molecule has 0 nitrogen and oxygen atoms in total. The monoisotopic (exact) mass is 250 g/mol. The van der Waals surface area contributed by atoms with Gasteiger partial charge in [-0.1, -0.05) is 79.9 Å². The van der Waals surface area contributed by atoms with Gasteiger partial charge in [-0.2, -0.15) is 0 Å². The Balaban J connectivity index is 0. The number of hydrogen-bond donors (Lipinski definition) is 0. The summed E-state index contributed by atoms with van der Waals surface area (Å²) in [5, 5.41) is 0. The van der Waals surface area contributed by atoms with Crippen molar-refractivity contribution in [1.82, 2.24) is 0 Å². The van der Waals surface area contributed by atoms with Gasteiger partial charge in [0.2, 0.25) is 0 Å². The van der Waals surface area contributed by atoms with E-state index in [0.29, 0.717) is 11.3 Å². The molecule has 0 radical (unpaired) electrons. The first-order chi connectivity index (χ1) is 7.61. The summed E-state index contributed by atoms with van der Waals surface area (Å²) in [5.74, 6) is 0.566. The smallest absolute Gasteiger partial charge is 0.0108 e. The normalized spacial score (nSPS) is 15.4. The van der Waals surface area contributed by atoms with Gasteiger partial charge in [-0.25, -0.2) is 0 Å². The minimum absolute atomic E-state index is 0. The highest BCUT2D eigenvalue weighted by molar-refractivity contribution is 5.27. The lowest BCUT2D eigenvalue weighted by molar-refractivity contribution is 0.199. The number of rotatable bonds is 4. The summed E-state index contributed by atoms with van der Waals surface area (Å²) in [6.45, 7) is 19.8. The lowest BCUT2D eigenvalue weighted by atomic mass is 9.68. The van der Waals surface area contributed by atoms with Crippen molar-refractivity contribution in [3.8, 4) is 0 Å². The average Bonchev–Trinajstić information content (AvgIpc) is 2.11. The van der Waals surface area contributed by atoms with Gasteiger partial charge in [-0.3, -0.25) is 0 Å². The lowest BCUT2D eigenvalue weighted by Gasteiger charge is -2.36. The standard InChI is InChI=1S/C17H30.CH4/c1-9-11-14(12-10-2)15(17(6,7)8)13-16(3,4)5;/h9-12,15H,1,13H2,2-8H3;1H4/b12-10-,14-11+;. The predicted molar refractivity (Wildman–Crippen MR) is 86.8 cm³/mol. The van der Waals surface area contributed by atoms with E-state index in [0.717, 1.165) is 0 Å². The molecule has 0 aromatic carbocycles. The Hall–Kier alpha value is -0.780. The second kappa shape index (κ2) is 7.61. The summed E-state index contributed by atoms with van der Waals surface area (Å²) in [6, 6.07) is 0. The van der Waals surface area contributed by atoms with E-state index in [4.69, 9.17) is 0 Å². The van der Waals surface area contributed by atoms with Crippen molar-refractivity contribution in [2.45, 2.75) is 62.3 Å². The van der Waals surface area contributed by atoms with Gasteiger partial charge in [-0.05, 0) is 35.7 Å². The maximum absolute atomic E-state index is 3.83. The summed E-state index contributed by atoms with van der Waals surface area (Å²) < 4.78 is 0. The lowest BCUT2D eigenvalue weighted by Crippen LogP contribution is -2.26. The van der Waals surface area contributed by atoms with Crippen LogP contribution in [0.1, 0.15) is 62.3 Å². The third kappa shape index (κ3) is 7.53. The van der Waals surface area contributed by atoms with E-state index in [9.17, 15) is 0 Å². The highest BCUT2D eigenvalue weighted by Crippen LogP contribution is 2.40. The Morgan fingerprint density at radius 2 is 1.61 bits per heavy atom. The second-order valence-corrected chi connectivity index (χ2v) is 7.09. The molecule has 0 aromatic rings. The first kappa shape index (κ1) is 19.6. The van der Waals surface area contributed by atoms with E-state index in [1.807, 2.05) is 6.08 Å². The molecule has 18 heavy (non-hydrogen) atoms. The zero-order chi connectivity index (χ0) is 13.7. The van der Waals surface area contributed by atoms with Crippen LogP contribution in [-0.4, -0.2) is 0 Å². The van der Waals surface area contributed by atoms with Gasteiger partial charge in [0.1, 0.15) is 0 Å². The largest absolute Gasteiger partial charge is 0.0991 e. The SMILES string of the molecule is C.C=C/C=C(\C=C/C)C(CC(C)(C)C)C(C)(C)C. The van der Waals surface area contributed by atoms with Gasteiger partial charge in [0, 0.05) is 0 Å². The summed E-state index contributed by atoms with van der Waals surface area (Å²) in [7, 11) is 0. The van der Waals surface area contributed by atoms with Crippen molar-refractivity contribution >= 4 is 0 Å². The highest BCUT2D eigenvalue weighted by atomic mass is 14.3. The molecule has 0 fully saturated rings. The molecule has 1 unspecified atom stereocenters. The molecule has 0 rings (SSSR count). The maximum Gasteiger partial charge on any atom is -0.0108 e. The summed E-state index contributed by atoms with van der Waals surface area (Å²) in [5.41, 5.74) is 2.02. The van der Waals surface area contributed by atoms with E-state index < -0.39 is 0 Å². The zero-order valence-corrected chi connectivity index (χ0v) is 12.8. The fourth-order valence-corrected chi connectivity index (χ4v) is 2.15. The average molecular weight is 250 g/mol. The molecular weight excluding hydrogens is 216 g/mol. The number of allylic oxidation sites excluding steroid dienone is 5. The van der Waals surface area contributed by atoms with E-state index in [1.165, 1.54) is 12.0 Å². The van der Waals surface area contributed by atoms with Gasteiger partial charge in [0.05, 0.1) is 0 Å². The fraction of sp³-hybridized carbons (Fsp3) is 0.667. The molecule has 0 heterocycles. The molecule has 0 aromatic heterocycles. The Bertz CT molecular complexity index is 289. The summed E-state index contributed by atoms with van der Waals surface area (Å²) in [6.07, 6.45) is 9.60. The second-order valence-electron chi connectivity index (χ2n) is 7.09. The van der Waals surface area contributed by atoms with Crippen LogP contribution in [0.3, 0.4) is 0 Å². The molecule has 0 bridgehead atoms. The van der Waals surface area contributed by atoms with Crippen molar-refractivity contribution in [1.29, 1.82) is 0 Å². The third-order valence-electron chi connectivity index (χ3n) is 2.93. The zero-order valence-electron chi connectivity index (χ0n) is 12.8. The molecular formula is C18H34. The highest BCUT2D eigenvalue weighted by Gasteiger charge is 2.30. The van der Waals surface area contributed by atoms with Gasteiger partial charge >= 0.3 is 0 Å². The van der Waals surface area contributed by atoms with Crippen molar-refractivity contribution in [2.75, 3.05) is 0 Å². The topological polar surface area (TPSA) is 0 Å².